The van der Waals surface area contributed by atoms with E-state index in [-0.39, 0.29) is 12.3 Å². The van der Waals surface area contributed by atoms with Gasteiger partial charge in [0.1, 0.15) is 12.4 Å². The van der Waals surface area contributed by atoms with Crippen molar-refractivity contribution in [2.45, 2.75) is 13.0 Å². The zero-order valence-electron chi connectivity index (χ0n) is 12.5. The second kappa shape index (κ2) is 7.42. The molecule has 0 fully saturated rings. The maximum Gasteiger partial charge on any atom is 0.273 e. The van der Waals surface area contributed by atoms with Gasteiger partial charge in [0.05, 0.1) is 21.7 Å². The summed E-state index contributed by atoms with van der Waals surface area (Å²) in [6, 6.07) is 13.8. The van der Waals surface area contributed by atoms with E-state index in [0.29, 0.717) is 10.8 Å². The fourth-order valence-corrected chi connectivity index (χ4v) is 3.06. The molecule has 122 valence electrons. The molecule has 0 saturated carbocycles. The fourth-order valence-electron chi connectivity index (χ4n) is 2.12. The first-order valence-electron chi connectivity index (χ1n) is 7.15. The molecule has 1 heterocycles. The van der Waals surface area contributed by atoms with Crippen molar-refractivity contribution in [2.75, 3.05) is 0 Å². The van der Waals surface area contributed by atoms with E-state index in [1.165, 1.54) is 12.1 Å². The van der Waals surface area contributed by atoms with Gasteiger partial charge in [0, 0.05) is 22.9 Å². The van der Waals surface area contributed by atoms with E-state index in [1.54, 1.807) is 23.5 Å². The molecule has 5 nitrogen and oxygen atoms in total. The topological polar surface area (TPSA) is 65.3 Å². The average Bonchev–Trinajstić information content (AvgIpc) is 3.03. The Morgan fingerprint density at radius 3 is 2.75 bits per heavy atom. The normalized spacial score (nSPS) is 10.5. The third kappa shape index (κ3) is 4.31. The van der Waals surface area contributed by atoms with Gasteiger partial charge < -0.3 is 4.74 Å². The third-order valence-electron chi connectivity index (χ3n) is 3.28. The molecule has 7 heteroatoms. The molecule has 0 aliphatic rings. The molecule has 1 aromatic heterocycles. The van der Waals surface area contributed by atoms with Gasteiger partial charge >= 0.3 is 0 Å². The fraction of sp³-hybridized carbons (Fsp3) is 0.118. The summed E-state index contributed by atoms with van der Waals surface area (Å²) in [7, 11) is 0. The summed E-state index contributed by atoms with van der Waals surface area (Å²) in [5.74, 6) is 0.455. The lowest BCUT2D eigenvalue weighted by molar-refractivity contribution is -0.384. The number of ether oxygens (including phenoxy) is 1. The van der Waals surface area contributed by atoms with Crippen LogP contribution in [0.25, 0.3) is 0 Å². The predicted molar refractivity (Wildman–Crippen MR) is 93.8 cm³/mol. The van der Waals surface area contributed by atoms with Crippen LogP contribution in [0.4, 0.5) is 5.69 Å². The highest BCUT2D eigenvalue weighted by Gasteiger charge is 2.08. The van der Waals surface area contributed by atoms with Gasteiger partial charge in [-0.1, -0.05) is 29.8 Å². The van der Waals surface area contributed by atoms with E-state index in [2.05, 4.69) is 4.98 Å². The molecule has 0 bridgehead atoms. The number of nitro benzene ring substituents is 1. The van der Waals surface area contributed by atoms with E-state index >= 15 is 0 Å². The highest BCUT2D eigenvalue weighted by Crippen LogP contribution is 2.21. The number of nitrogens with zero attached hydrogens (tertiary/aromatic N) is 2. The molecular formula is C17H13ClN2O3S. The molecule has 3 aromatic rings. The van der Waals surface area contributed by atoms with Crippen LogP contribution in [0.15, 0.2) is 53.9 Å². The Hall–Kier alpha value is -2.44. The standard InChI is InChI=1S/C17H13ClN2O3S/c18-13-6-4-12(5-7-13)8-17-19-14(11-24-17)10-23-16-3-1-2-15(9-16)20(21)22/h1-7,9,11H,8,10H2. The predicted octanol–water partition coefficient (Wildman–Crippen LogP) is 4.87. The van der Waals surface area contributed by atoms with Crippen molar-refractivity contribution < 1.29 is 9.66 Å². The first-order valence-corrected chi connectivity index (χ1v) is 8.41. The Labute approximate surface area is 147 Å². The molecule has 0 radical (unpaired) electrons. The monoisotopic (exact) mass is 360 g/mol. The third-order valence-corrected chi connectivity index (χ3v) is 4.43. The van der Waals surface area contributed by atoms with E-state index in [9.17, 15) is 10.1 Å². The maximum atomic E-state index is 10.8. The van der Waals surface area contributed by atoms with Crippen molar-refractivity contribution >= 4 is 28.6 Å². The van der Waals surface area contributed by atoms with Crippen LogP contribution in [0.3, 0.4) is 0 Å². The number of thiazole rings is 1. The van der Waals surface area contributed by atoms with Gasteiger partial charge in [-0.2, -0.15) is 0 Å². The quantitative estimate of drug-likeness (QED) is 0.464. The van der Waals surface area contributed by atoms with Gasteiger partial charge in [0.2, 0.25) is 0 Å². The largest absolute Gasteiger partial charge is 0.487 e. The number of rotatable bonds is 6. The Bertz CT molecular complexity index is 849. The second-order valence-corrected chi connectivity index (χ2v) is 6.46. The summed E-state index contributed by atoms with van der Waals surface area (Å²) in [4.78, 5) is 14.8. The van der Waals surface area contributed by atoms with Gasteiger partial charge in [-0.3, -0.25) is 10.1 Å². The molecule has 0 N–H and O–H groups in total. The average molecular weight is 361 g/mol. The van der Waals surface area contributed by atoms with Crippen LogP contribution < -0.4 is 4.74 Å². The Kier molecular flexibility index (Phi) is 5.08. The SMILES string of the molecule is O=[N+]([O-])c1cccc(OCc2csc(Cc3ccc(Cl)cc3)n2)c1. The Morgan fingerprint density at radius 1 is 1.21 bits per heavy atom. The highest BCUT2D eigenvalue weighted by molar-refractivity contribution is 7.09. The Morgan fingerprint density at radius 2 is 2.00 bits per heavy atom. The van der Waals surface area contributed by atoms with Gasteiger partial charge in [-0.15, -0.1) is 11.3 Å². The number of hydrogen-bond donors (Lipinski definition) is 0. The number of hydrogen-bond acceptors (Lipinski definition) is 5. The first-order chi connectivity index (χ1) is 11.6. The van der Waals surface area contributed by atoms with Crippen LogP contribution >= 0.6 is 22.9 Å². The second-order valence-electron chi connectivity index (χ2n) is 5.08. The van der Waals surface area contributed by atoms with Crippen LogP contribution in [-0.4, -0.2) is 9.91 Å². The van der Waals surface area contributed by atoms with Gasteiger partial charge in [-0.25, -0.2) is 4.98 Å². The van der Waals surface area contributed by atoms with Gasteiger partial charge in [0.15, 0.2) is 0 Å². The maximum absolute atomic E-state index is 10.8. The van der Waals surface area contributed by atoms with Crippen LogP contribution in [0.2, 0.25) is 5.02 Å². The molecule has 3 rings (SSSR count). The Balaban J connectivity index is 1.61. The lowest BCUT2D eigenvalue weighted by atomic mass is 10.2. The minimum Gasteiger partial charge on any atom is -0.487 e. The molecule has 0 unspecified atom stereocenters. The molecule has 0 saturated heterocycles. The lowest BCUT2D eigenvalue weighted by Gasteiger charge is -2.03. The van der Waals surface area contributed by atoms with E-state index < -0.39 is 4.92 Å². The number of nitro groups is 1. The van der Waals surface area contributed by atoms with E-state index in [1.807, 2.05) is 29.6 Å². The first kappa shape index (κ1) is 16.4. The summed E-state index contributed by atoms with van der Waals surface area (Å²) >= 11 is 7.44. The molecular weight excluding hydrogens is 348 g/mol. The van der Waals surface area contributed by atoms with E-state index in [0.717, 1.165) is 22.7 Å². The van der Waals surface area contributed by atoms with Crippen LogP contribution in [0.5, 0.6) is 5.75 Å². The molecule has 24 heavy (non-hydrogen) atoms. The molecule has 0 atom stereocenters. The highest BCUT2D eigenvalue weighted by atomic mass is 35.5. The molecule has 0 aliphatic heterocycles. The van der Waals surface area contributed by atoms with Crippen LogP contribution in [0.1, 0.15) is 16.3 Å². The molecule has 0 spiro atoms. The molecule has 0 aliphatic carbocycles. The summed E-state index contributed by atoms with van der Waals surface area (Å²) in [5.41, 5.74) is 1.95. The minimum absolute atomic E-state index is 0.00852. The number of halogens is 1. The van der Waals surface area contributed by atoms with Crippen molar-refractivity contribution in [1.82, 2.24) is 4.98 Å². The smallest absolute Gasteiger partial charge is 0.273 e. The molecule has 0 amide bonds. The number of aromatic nitrogens is 1. The van der Waals surface area contributed by atoms with Crippen molar-refractivity contribution in [3.63, 3.8) is 0 Å². The van der Waals surface area contributed by atoms with Gasteiger partial charge in [-0.05, 0) is 23.8 Å². The van der Waals surface area contributed by atoms with Crippen molar-refractivity contribution in [3.8, 4) is 5.75 Å². The van der Waals surface area contributed by atoms with E-state index in [4.69, 9.17) is 16.3 Å². The zero-order chi connectivity index (χ0) is 16.9. The lowest BCUT2D eigenvalue weighted by Crippen LogP contribution is -1.97. The summed E-state index contributed by atoms with van der Waals surface area (Å²) < 4.78 is 5.58. The van der Waals surface area contributed by atoms with Gasteiger partial charge in [0.25, 0.3) is 5.69 Å². The van der Waals surface area contributed by atoms with Crippen LogP contribution in [0, 0.1) is 10.1 Å². The summed E-state index contributed by atoms with van der Waals surface area (Å²) in [6.45, 7) is 0.276. The zero-order valence-corrected chi connectivity index (χ0v) is 14.1. The minimum atomic E-state index is -0.445. The summed E-state index contributed by atoms with van der Waals surface area (Å²) in [5, 5.41) is 14.4. The van der Waals surface area contributed by atoms with Crippen molar-refractivity contribution in [3.05, 3.63) is 85.3 Å². The number of non-ortho nitro benzene ring substituents is 1. The molecule has 2 aromatic carbocycles. The summed E-state index contributed by atoms with van der Waals surface area (Å²) in [6.07, 6.45) is 0.735. The van der Waals surface area contributed by atoms with Crippen molar-refractivity contribution in [2.24, 2.45) is 0 Å². The van der Waals surface area contributed by atoms with Crippen LogP contribution in [-0.2, 0) is 13.0 Å². The number of benzene rings is 2. The van der Waals surface area contributed by atoms with Crippen molar-refractivity contribution in [1.29, 1.82) is 0 Å².